The molecule has 0 saturated carbocycles. The van der Waals surface area contributed by atoms with Crippen LogP contribution in [-0.4, -0.2) is 58.0 Å². The van der Waals surface area contributed by atoms with Crippen molar-refractivity contribution >= 4 is 16.8 Å². The number of piperidine rings is 1. The van der Waals surface area contributed by atoms with Crippen LogP contribution in [0.2, 0.25) is 0 Å². The normalized spacial score (nSPS) is 19.2. The topological polar surface area (TPSA) is 59.6 Å². The highest BCUT2D eigenvalue weighted by atomic mass is 16.3. The lowest BCUT2D eigenvalue weighted by atomic mass is 9.86. The van der Waals surface area contributed by atoms with Crippen molar-refractivity contribution in [1.29, 1.82) is 0 Å². The average molecular weight is 446 g/mol. The largest absolute Gasteiger partial charge is 0.508 e. The minimum Gasteiger partial charge on any atom is -0.508 e. The summed E-state index contributed by atoms with van der Waals surface area (Å²) in [6, 6.07) is 14.5. The molecule has 1 atom stereocenters. The Kier molecular flexibility index (Phi) is 6.41. The SMILES string of the molecule is CCCN(CC1CCN(C(=O)c2ccc3cc[nH]c3c2)CC1)C1CCc2c(O)cccc2C1. The first kappa shape index (κ1) is 22.0. The van der Waals surface area contributed by atoms with E-state index in [1.165, 1.54) is 5.56 Å². The molecule has 1 saturated heterocycles. The van der Waals surface area contributed by atoms with E-state index in [0.717, 1.165) is 86.7 Å². The van der Waals surface area contributed by atoms with Crippen LogP contribution in [0.5, 0.6) is 5.75 Å². The van der Waals surface area contributed by atoms with E-state index >= 15 is 0 Å². The first-order valence-electron chi connectivity index (χ1n) is 12.5. The summed E-state index contributed by atoms with van der Waals surface area (Å²) in [7, 11) is 0. The Labute approximate surface area is 196 Å². The van der Waals surface area contributed by atoms with Crippen molar-refractivity contribution in [2.45, 2.75) is 51.5 Å². The molecule has 5 heteroatoms. The molecule has 33 heavy (non-hydrogen) atoms. The number of rotatable bonds is 6. The van der Waals surface area contributed by atoms with Crippen molar-refractivity contribution in [3.8, 4) is 5.75 Å². The number of hydrogen-bond donors (Lipinski definition) is 2. The molecule has 2 N–H and O–H groups in total. The van der Waals surface area contributed by atoms with Crippen molar-refractivity contribution in [2.75, 3.05) is 26.2 Å². The third-order valence-electron chi connectivity index (χ3n) is 7.66. The standard InChI is InChI=1S/C28H35N3O2/c1-2-14-31(24-8-9-25-22(17-24)4-3-5-27(25)32)19-20-11-15-30(16-12-20)28(33)23-7-6-21-10-13-29-26(21)18-23/h3-7,10,13,18,20,24,29,32H,2,8-9,11-12,14-17,19H2,1H3. The Balaban J connectivity index is 1.19. The summed E-state index contributed by atoms with van der Waals surface area (Å²) in [6.07, 6.45) is 8.32. The fourth-order valence-corrected chi connectivity index (χ4v) is 5.80. The Morgan fingerprint density at radius 1 is 1.15 bits per heavy atom. The maximum atomic E-state index is 13.1. The van der Waals surface area contributed by atoms with Crippen LogP contribution in [0.15, 0.2) is 48.7 Å². The molecular weight excluding hydrogens is 410 g/mol. The summed E-state index contributed by atoms with van der Waals surface area (Å²) in [5.41, 5.74) is 4.26. The molecule has 5 rings (SSSR count). The summed E-state index contributed by atoms with van der Waals surface area (Å²) in [5.74, 6) is 1.25. The number of benzene rings is 2. The maximum absolute atomic E-state index is 13.1. The number of H-pyrrole nitrogens is 1. The van der Waals surface area contributed by atoms with E-state index in [1.807, 2.05) is 47.5 Å². The van der Waals surface area contributed by atoms with Gasteiger partial charge in [-0.2, -0.15) is 0 Å². The molecule has 0 radical (unpaired) electrons. The summed E-state index contributed by atoms with van der Waals surface area (Å²) in [4.78, 5) is 21.0. The highest BCUT2D eigenvalue weighted by Gasteiger charge is 2.29. The quantitative estimate of drug-likeness (QED) is 0.562. The lowest BCUT2D eigenvalue weighted by Crippen LogP contribution is -2.46. The predicted octanol–water partition coefficient (Wildman–Crippen LogP) is 5.00. The molecule has 1 aliphatic carbocycles. The van der Waals surface area contributed by atoms with Gasteiger partial charge in [-0.05, 0) is 91.8 Å². The summed E-state index contributed by atoms with van der Waals surface area (Å²) < 4.78 is 0. The zero-order chi connectivity index (χ0) is 22.8. The Hall–Kier alpha value is -2.79. The number of hydrogen-bond acceptors (Lipinski definition) is 3. The van der Waals surface area contributed by atoms with Crippen LogP contribution in [0.25, 0.3) is 10.9 Å². The number of carbonyl (C=O) groups is 1. The van der Waals surface area contributed by atoms with Gasteiger partial charge in [0.05, 0.1) is 0 Å². The zero-order valence-corrected chi connectivity index (χ0v) is 19.6. The molecule has 2 aliphatic rings. The van der Waals surface area contributed by atoms with Crippen LogP contribution in [-0.2, 0) is 12.8 Å². The van der Waals surface area contributed by atoms with Gasteiger partial charge >= 0.3 is 0 Å². The number of phenols is 1. The molecule has 1 fully saturated rings. The van der Waals surface area contributed by atoms with Crippen LogP contribution in [0, 0.1) is 5.92 Å². The number of aromatic hydroxyl groups is 1. The number of nitrogens with one attached hydrogen (secondary N) is 1. The van der Waals surface area contributed by atoms with Gasteiger partial charge in [0.25, 0.3) is 5.91 Å². The van der Waals surface area contributed by atoms with Gasteiger partial charge in [-0.25, -0.2) is 0 Å². The molecule has 174 valence electrons. The molecule has 1 aliphatic heterocycles. The summed E-state index contributed by atoms with van der Waals surface area (Å²) in [6.45, 7) is 6.18. The second-order valence-corrected chi connectivity index (χ2v) is 9.82. The third kappa shape index (κ3) is 4.65. The fourth-order valence-electron chi connectivity index (χ4n) is 5.80. The number of carbonyl (C=O) groups excluding carboxylic acids is 1. The van der Waals surface area contributed by atoms with Gasteiger partial charge in [0, 0.05) is 43.0 Å². The second kappa shape index (κ2) is 9.60. The highest BCUT2D eigenvalue weighted by molar-refractivity contribution is 5.98. The number of aromatic nitrogens is 1. The Bertz CT molecular complexity index is 1110. The van der Waals surface area contributed by atoms with Gasteiger partial charge in [-0.3, -0.25) is 9.69 Å². The van der Waals surface area contributed by atoms with Gasteiger partial charge in [-0.15, -0.1) is 0 Å². The molecule has 5 nitrogen and oxygen atoms in total. The fraction of sp³-hybridized carbons (Fsp3) is 0.464. The number of aromatic amines is 1. The number of fused-ring (bicyclic) bond motifs is 2. The third-order valence-corrected chi connectivity index (χ3v) is 7.66. The maximum Gasteiger partial charge on any atom is 0.253 e. The molecule has 2 aromatic carbocycles. The average Bonchev–Trinajstić information content (AvgIpc) is 3.32. The Morgan fingerprint density at radius 2 is 2.00 bits per heavy atom. The lowest BCUT2D eigenvalue weighted by molar-refractivity contribution is 0.0642. The van der Waals surface area contributed by atoms with Crippen molar-refractivity contribution < 1.29 is 9.90 Å². The van der Waals surface area contributed by atoms with E-state index in [4.69, 9.17) is 0 Å². The van der Waals surface area contributed by atoms with E-state index in [1.54, 1.807) is 0 Å². The number of nitrogens with zero attached hydrogens (tertiary/aromatic N) is 2. The van der Waals surface area contributed by atoms with Crippen LogP contribution in [0.4, 0.5) is 0 Å². The van der Waals surface area contributed by atoms with Crippen LogP contribution in [0.3, 0.4) is 0 Å². The second-order valence-electron chi connectivity index (χ2n) is 9.82. The van der Waals surface area contributed by atoms with E-state index in [2.05, 4.69) is 22.9 Å². The van der Waals surface area contributed by atoms with Crippen LogP contribution >= 0.6 is 0 Å². The van der Waals surface area contributed by atoms with Crippen molar-refractivity contribution in [3.05, 3.63) is 65.4 Å². The minimum absolute atomic E-state index is 0.152. The van der Waals surface area contributed by atoms with Gasteiger partial charge in [0.1, 0.15) is 5.75 Å². The van der Waals surface area contributed by atoms with Crippen LogP contribution in [0.1, 0.15) is 54.1 Å². The summed E-state index contributed by atoms with van der Waals surface area (Å²) >= 11 is 0. The molecular formula is C28H35N3O2. The van der Waals surface area contributed by atoms with Crippen molar-refractivity contribution in [2.24, 2.45) is 5.92 Å². The van der Waals surface area contributed by atoms with E-state index in [9.17, 15) is 9.90 Å². The van der Waals surface area contributed by atoms with Gasteiger partial charge in [0.2, 0.25) is 0 Å². The molecule has 1 aromatic heterocycles. The van der Waals surface area contributed by atoms with Gasteiger partial charge in [-0.1, -0.05) is 25.1 Å². The van der Waals surface area contributed by atoms with E-state index in [-0.39, 0.29) is 5.91 Å². The molecule has 1 unspecified atom stereocenters. The highest BCUT2D eigenvalue weighted by Crippen LogP contribution is 2.32. The first-order valence-corrected chi connectivity index (χ1v) is 12.5. The monoisotopic (exact) mass is 445 g/mol. The predicted molar refractivity (Wildman–Crippen MR) is 133 cm³/mol. The van der Waals surface area contributed by atoms with Crippen molar-refractivity contribution in [1.82, 2.24) is 14.8 Å². The molecule has 3 aromatic rings. The molecule has 2 heterocycles. The molecule has 1 amide bonds. The number of likely N-dealkylation sites (tertiary alicyclic amines) is 1. The molecule has 0 spiro atoms. The van der Waals surface area contributed by atoms with E-state index in [0.29, 0.717) is 17.7 Å². The number of amides is 1. The van der Waals surface area contributed by atoms with E-state index < -0.39 is 0 Å². The summed E-state index contributed by atoms with van der Waals surface area (Å²) in [5, 5.41) is 11.3. The van der Waals surface area contributed by atoms with Gasteiger partial charge in [0.15, 0.2) is 0 Å². The van der Waals surface area contributed by atoms with Crippen LogP contribution < -0.4 is 0 Å². The smallest absolute Gasteiger partial charge is 0.253 e. The van der Waals surface area contributed by atoms with Gasteiger partial charge < -0.3 is 15.0 Å². The zero-order valence-electron chi connectivity index (χ0n) is 19.6. The Morgan fingerprint density at radius 3 is 2.82 bits per heavy atom. The first-order chi connectivity index (χ1) is 16.1. The molecule has 0 bridgehead atoms. The van der Waals surface area contributed by atoms with Crippen molar-refractivity contribution in [3.63, 3.8) is 0 Å². The number of phenolic OH excluding ortho intramolecular Hbond substituents is 1. The lowest BCUT2D eigenvalue weighted by Gasteiger charge is -2.39. The minimum atomic E-state index is 0.152.